The molecule has 2 aliphatic rings. The lowest BCUT2D eigenvalue weighted by Gasteiger charge is -2.30. The summed E-state index contributed by atoms with van der Waals surface area (Å²) in [6.07, 6.45) is 8.41. The Labute approximate surface area is 259 Å². The SMILES string of the molecule is C=C(/C=C(\C)C#N)/C(N)=C/C=C\Cc1ccc2c(c1)-c1cc(-c3ccccc3)ccc1C21c2ccccc2-c2ccccc21. The molecule has 0 aliphatic heterocycles. The van der Waals surface area contributed by atoms with Gasteiger partial charge >= 0.3 is 0 Å². The molecule has 0 bridgehead atoms. The highest BCUT2D eigenvalue weighted by Crippen LogP contribution is 2.63. The molecule has 1 spiro atoms. The summed E-state index contributed by atoms with van der Waals surface area (Å²) in [4.78, 5) is 0. The molecule has 0 atom stereocenters. The van der Waals surface area contributed by atoms with Gasteiger partial charge in [-0.05, 0) is 98.3 Å². The van der Waals surface area contributed by atoms with Crippen LogP contribution in [0.1, 0.15) is 34.7 Å². The average molecular weight is 565 g/mol. The van der Waals surface area contributed by atoms with Crippen LogP contribution in [-0.2, 0) is 11.8 Å². The van der Waals surface area contributed by atoms with Gasteiger partial charge in [-0.25, -0.2) is 0 Å². The molecule has 44 heavy (non-hydrogen) atoms. The minimum Gasteiger partial charge on any atom is -0.398 e. The van der Waals surface area contributed by atoms with E-state index in [0.717, 1.165) is 6.42 Å². The zero-order valence-electron chi connectivity index (χ0n) is 24.7. The molecule has 5 aromatic rings. The van der Waals surface area contributed by atoms with Crippen LogP contribution in [-0.4, -0.2) is 0 Å². The number of rotatable bonds is 6. The third-order valence-corrected chi connectivity index (χ3v) is 8.96. The number of hydrogen-bond donors (Lipinski definition) is 1. The minimum atomic E-state index is -0.353. The lowest BCUT2D eigenvalue weighted by Crippen LogP contribution is -2.25. The largest absolute Gasteiger partial charge is 0.398 e. The van der Waals surface area contributed by atoms with E-state index in [1.54, 1.807) is 13.0 Å². The Kier molecular flexibility index (Phi) is 6.73. The molecule has 0 saturated heterocycles. The zero-order valence-corrected chi connectivity index (χ0v) is 24.7. The standard InChI is InChI=1S/C42H32N2/c1-28(27-43)24-29(2)41(44)19-11-6-12-30-20-22-39-35(25-30)36-26-32(31-13-4-3-5-14-31)21-23-40(36)42(39)37-17-9-7-15-33(37)34-16-8-10-18-38(34)42/h3-11,13-26H,2,12,44H2,1H3/b11-6-,28-24+,41-19-. The van der Waals surface area contributed by atoms with Crippen LogP contribution in [0.15, 0.2) is 163 Å². The van der Waals surface area contributed by atoms with E-state index < -0.39 is 0 Å². The molecular weight excluding hydrogens is 532 g/mol. The van der Waals surface area contributed by atoms with Gasteiger partial charge in [0.15, 0.2) is 0 Å². The Bertz CT molecular complexity index is 2040. The first-order valence-electron chi connectivity index (χ1n) is 15.0. The third-order valence-electron chi connectivity index (χ3n) is 8.96. The second kappa shape index (κ2) is 10.9. The maximum atomic E-state index is 9.04. The molecule has 0 aromatic heterocycles. The zero-order chi connectivity index (χ0) is 30.3. The maximum absolute atomic E-state index is 9.04. The Hall–Kier alpha value is -5.65. The topological polar surface area (TPSA) is 49.8 Å². The Morgan fingerprint density at radius 1 is 0.727 bits per heavy atom. The second-order valence-electron chi connectivity index (χ2n) is 11.6. The molecule has 0 unspecified atom stereocenters. The van der Waals surface area contributed by atoms with Crippen molar-refractivity contribution in [2.75, 3.05) is 0 Å². The van der Waals surface area contributed by atoms with E-state index in [1.807, 2.05) is 12.2 Å². The number of hydrogen-bond acceptors (Lipinski definition) is 2. The van der Waals surface area contributed by atoms with Crippen LogP contribution in [0.25, 0.3) is 33.4 Å². The predicted octanol–water partition coefficient (Wildman–Crippen LogP) is 9.66. The van der Waals surface area contributed by atoms with Crippen molar-refractivity contribution in [2.45, 2.75) is 18.8 Å². The van der Waals surface area contributed by atoms with Gasteiger partial charge in [0.05, 0.1) is 11.5 Å². The molecule has 2 nitrogen and oxygen atoms in total. The fourth-order valence-corrected chi connectivity index (χ4v) is 6.99. The van der Waals surface area contributed by atoms with Crippen LogP contribution in [0.4, 0.5) is 0 Å². The summed E-state index contributed by atoms with van der Waals surface area (Å²) in [6, 6.07) is 44.6. The van der Waals surface area contributed by atoms with Crippen LogP contribution < -0.4 is 5.73 Å². The van der Waals surface area contributed by atoms with Gasteiger partial charge in [-0.3, -0.25) is 0 Å². The van der Waals surface area contributed by atoms with Crippen molar-refractivity contribution in [3.8, 4) is 39.4 Å². The van der Waals surface area contributed by atoms with Crippen molar-refractivity contribution in [1.82, 2.24) is 0 Å². The Balaban J connectivity index is 1.35. The molecule has 5 aromatic carbocycles. The summed E-state index contributed by atoms with van der Waals surface area (Å²) in [5, 5.41) is 9.04. The summed E-state index contributed by atoms with van der Waals surface area (Å²) in [7, 11) is 0. The van der Waals surface area contributed by atoms with Crippen molar-refractivity contribution < 1.29 is 0 Å². The van der Waals surface area contributed by atoms with Crippen LogP contribution in [0, 0.1) is 11.3 Å². The van der Waals surface area contributed by atoms with Gasteiger partial charge < -0.3 is 5.73 Å². The van der Waals surface area contributed by atoms with E-state index in [-0.39, 0.29) is 5.41 Å². The van der Waals surface area contributed by atoms with Crippen molar-refractivity contribution in [3.05, 3.63) is 191 Å². The first-order valence-corrected chi connectivity index (χ1v) is 15.0. The first-order chi connectivity index (χ1) is 21.5. The quantitative estimate of drug-likeness (QED) is 0.161. The normalized spacial score (nSPS) is 14.2. The highest BCUT2D eigenvalue weighted by Gasteiger charge is 2.51. The second-order valence-corrected chi connectivity index (χ2v) is 11.6. The van der Waals surface area contributed by atoms with E-state index >= 15 is 0 Å². The number of benzene rings is 5. The van der Waals surface area contributed by atoms with Crippen molar-refractivity contribution in [2.24, 2.45) is 5.73 Å². The predicted molar refractivity (Wildman–Crippen MR) is 182 cm³/mol. The fourth-order valence-electron chi connectivity index (χ4n) is 6.99. The van der Waals surface area contributed by atoms with Crippen LogP contribution in [0.5, 0.6) is 0 Å². The lowest BCUT2D eigenvalue weighted by molar-refractivity contribution is 0.793. The number of nitrogens with zero attached hydrogens (tertiary/aromatic N) is 1. The number of nitriles is 1. The Morgan fingerprint density at radius 3 is 2.00 bits per heavy atom. The van der Waals surface area contributed by atoms with Crippen molar-refractivity contribution in [3.63, 3.8) is 0 Å². The molecule has 7 rings (SSSR count). The van der Waals surface area contributed by atoms with E-state index in [9.17, 15) is 0 Å². The Morgan fingerprint density at radius 2 is 1.32 bits per heavy atom. The summed E-state index contributed by atoms with van der Waals surface area (Å²) >= 11 is 0. The third kappa shape index (κ3) is 4.25. The van der Waals surface area contributed by atoms with E-state index in [4.69, 9.17) is 11.0 Å². The fraction of sp³-hybridized carbons (Fsp3) is 0.0714. The number of fused-ring (bicyclic) bond motifs is 10. The minimum absolute atomic E-state index is 0.353. The molecule has 2 aliphatic carbocycles. The highest BCUT2D eigenvalue weighted by molar-refractivity contribution is 5.96. The van der Waals surface area contributed by atoms with Crippen LogP contribution in [0.3, 0.4) is 0 Å². The van der Waals surface area contributed by atoms with E-state index in [1.165, 1.54) is 61.2 Å². The van der Waals surface area contributed by atoms with Crippen LogP contribution >= 0.6 is 0 Å². The smallest absolute Gasteiger partial charge is 0.0944 e. The van der Waals surface area contributed by atoms with E-state index in [2.05, 4.69) is 134 Å². The summed E-state index contributed by atoms with van der Waals surface area (Å²) in [5.41, 5.74) is 21.9. The maximum Gasteiger partial charge on any atom is 0.0944 e. The molecule has 2 N–H and O–H groups in total. The molecule has 210 valence electrons. The van der Waals surface area contributed by atoms with Gasteiger partial charge in [0.2, 0.25) is 0 Å². The van der Waals surface area contributed by atoms with Crippen LogP contribution in [0.2, 0.25) is 0 Å². The average Bonchev–Trinajstić information content (AvgIpc) is 3.53. The molecule has 0 radical (unpaired) electrons. The molecule has 2 heteroatoms. The highest BCUT2D eigenvalue weighted by atomic mass is 14.6. The molecule has 0 fully saturated rings. The number of allylic oxidation sites excluding steroid dienone is 5. The van der Waals surface area contributed by atoms with Gasteiger partial charge in [0, 0.05) is 11.3 Å². The summed E-state index contributed by atoms with van der Waals surface area (Å²) < 4.78 is 0. The van der Waals surface area contributed by atoms with Crippen molar-refractivity contribution >= 4 is 0 Å². The van der Waals surface area contributed by atoms with Gasteiger partial charge in [0.25, 0.3) is 0 Å². The summed E-state index contributed by atoms with van der Waals surface area (Å²) in [5.74, 6) is 0. The molecule has 0 saturated carbocycles. The van der Waals surface area contributed by atoms with Gasteiger partial charge in [-0.15, -0.1) is 0 Å². The summed E-state index contributed by atoms with van der Waals surface area (Å²) in [6.45, 7) is 5.73. The van der Waals surface area contributed by atoms with Gasteiger partial charge in [-0.2, -0.15) is 5.26 Å². The van der Waals surface area contributed by atoms with Crippen molar-refractivity contribution in [1.29, 1.82) is 5.26 Å². The molecule has 0 amide bonds. The van der Waals surface area contributed by atoms with Gasteiger partial charge in [0.1, 0.15) is 0 Å². The molecular formula is C42H32N2. The monoisotopic (exact) mass is 564 g/mol. The first kappa shape index (κ1) is 27.2. The lowest BCUT2D eigenvalue weighted by atomic mass is 9.70. The molecule has 0 heterocycles. The van der Waals surface area contributed by atoms with E-state index in [0.29, 0.717) is 16.8 Å². The number of nitrogens with two attached hydrogens (primary N) is 1. The van der Waals surface area contributed by atoms with Gasteiger partial charge in [-0.1, -0.05) is 128 Å².